The van der Waals surface area contributed by atoms with E-state index in [2.05, 4.69) is 6.07 Å². The number of hydrogen-bond acceptors (Lipinski definition) is 4. The van der Waals surface area contributed by atoms with Gasteiger partial charge in [-0.25, -0.2) is 0 Å². The van der Waals surface area contributed by atoms with Crippen molar-refractivity contribution in [2.75, 3.05) is 0 Å². The van der Waals surface area contributed by atoms with Crippen molar-refractivity contribution in [2.24, 2.45) is 0 Å². The second-order valence-corrected chi connectivity index (χ2v) is 6.21. The highest BCUT2D eigenvalue weighted by atomic mass is 16.6. The summed E-state index contributed by atoms with van der Waals surface area (Å²) in [4.78, 5) is 10.5. The van der Waals surface area contributed by atoms with Crippen molar-refractivity contribution < 1.29 is 9.34 Å². The van der Waals surface area contributed by atoms with Crippen LogP contribution in [0.15, 0.2) is 89.3 Å². The Morgan fingerprint density at radius 3 is 2.07 bits per heavy atom. The molecule has 134 valence electrons. The minimum absolute atomic E-state index is 0.0332. The van der Waals surface area contributed by atoms with E-state index in [9.17, 15) is 10.1 Å². The van der Waals surface area contributed by atoms with Crippen LogP contribution in [0.25, 0.3) is 33.8 Å². The lowest BCUT2D eigenvalue weighted by molar-refractivity contribution is -0.384. The lowest BCUT2D eigenvalue weighted by Crippen LogP contribution is -1.86. The van der Waals surface area contributed by atoms with Gasteiger partial charge in [-0.15, -0.1) is 0 Å². The van der Waals surface area contributed by atoms with Crippen LogP contribution in [0.1, 0.15) is 5.56 Å². The number of non-ortho nitro benzene ring substituents is 1. The zero-order valence-corrected chi connectivity index (χ0v) is 14.7. The molecule has 0 atom stereocenters. The van der Waals surface area contributed by atoms with Crippen LogP contribution < -0.4 is 0 Å². The molecule has 0 saturated heterocycles. The first-order valence-corrected chi connectivity index (χ1v) is 8.60. The Kier molecular flexibility index (Phi) is 4.45. The molecule has 0 bridgehead atoms. The van der Waals surface area contributed by atoms with E-state index in [0.29, 0.717) is 17.1 Å². The van der Waals surface area contributed by atoms with Gasteiger partial charge in [0, 0.05) is 28.8 Å². The number of nitrogens with zero attached hydrogens (tertiary/aromatic N) is 2. The highest BCUT2D eigenvalue weighted by Gasteiger charge is 2.17. The fourth-order valence-corrected chi connectivity index (χ4v) is 3.02. The molecule has 0 aliphatic rings. The van der Waals surface area contributed by atoms with Gasteiger partial charge in [-0.1, -0.05) is 42.5 Å². The van der Waals surface area contributed by atoms with Crippen molar-refractivity contribution in [3.63, 3.8) is 0 Å². The molecule has 0 unspecified atom stereocenters. The van der Waals surface area contributed by atoms with Crippen LogP contribution in [0.5, 0.6) is 0 Å². The summed E-state index contributed by atoms with van der Waals surface area (Å²) in [5.41, 5.74) is 4.12. The van der Waals surface area contributed by atoms with Gasteiger partial charge in [-0.2, -0.15) is 5.26 Å². The van der Waals surface area contributed by atoms with Crippen LogP contribution in [0.3, 0.4) is 0 Å². The van der Waals surface area contributed by atoms with Crippen LogP contribution in [-0.2, 0) is 0 Å². The second kappa shape index (κ2) is 7.22. The minimum atomic E-state index is -0.427. The molecule has 0 saturated carbocycles. The van der Waals surface area contributed by atoms with Crippen molar-refractivity contribution in [3.05, 3.63) is 101 Å². The highest BCUT2D eigenvalue weighted by molar-refractivity contribution is 5.84. The van der Waals surface area contributed by atoms with Gasteiger partial charge in [0.15, 0.2) is 0 Å². The zero-order valence-electron chi connectivity index (χ0n) is 14.7. The summed E-state index contributed by atoms with van der Waals surface area (Å²) < 4.78 is 6.16. The Bertz CT molecular complexity index is 1170. The Labute approximate surface area is 161 Å². The van der Waals surface area contributed by atoms with Crippen molar-refractivity contribution in [3.8, 4) is 39.8 Å². The number of nitro benzene ring substituents is 1. The molecule has 0 fully saturated rings. The summed E-state index contributed by atoms with van der Waals surface area (Å²) in [6, 6.07) is 27.3. The van der Waals surface area contributed by atoms with Gasteiger partial charge < -0.3 is 4.42 Å². The second-order valence-electron chi connectivity index (χ2n) is 6.21. The molecular weight excluding hydrogens is 352 g/mol. The summed E-state index contributed by atoms with van der Waals surface area (Å²) in [5, 5.41) is 19.9. The van der Waals surface area contributed by atoms with Gasteiger partial charge >= 0.3 is 0 Å². The Hall–Kier alpha value is -4.17. The maximum absolute atomic E-state index is 10.9. The maximum Gasteiger partial charge on any atom is 0.269 e. The number of nitro groups is 1. The first-order chi connectivity index (χ1) is 13.7. The number of furan rings is 1. The number of benzene rings is 3. The molecule has 0 amide bonds. The summed E-state index contributed by atoms with van der Waals surface area (Å²) >= 11 is 0. The van der Waals surface area contributed by atoms with Crippen molar-refractivity contribution in [1.82, 2.24) is 0 Å². The molecule has 28 heavy (non-hydrogen) atoms. The van der Waals surface area contributed by atoms with E-state index in [-0.39, 0.29) is 5.69 Å². The first kappa shape index (κ1) is 17.3. The van der Waals surface area contributed by atoms with E-state index in [1.54, 1.807) is 24.3 Å². The zero-order chi connectivity index (χ0) is 19.5. The Morgan fingerprint density at radius 1 is 0.821 bits per heavy atom. The molecule has 4 rings (SSSR count). The molecule has 5 heteroatoms. The van der Waals surface area contributed by atoms with E-state index in [4.69, 9.17) is 9.68 Å². The summed E-state index contributed by atoms with van der Waals surface area (Å²) in [6.45, 7) is 0. The van der Waals surface area contributed by atoms with E-state index in [1.165, 1.54) is 12.1 Å². The fraction of sp³-hybridized carbons (Fsp3) is 0. The molecule has 3 aromatic carbocycles. The van der Waals surface area contributed by atoms with E-state index >= 15 is 0 Å². The average molecular weight is 366 g/mol. The van der Waals surface area contributed by atoms with Crippen molar-refractivity contribution >= 4 is 5.69 Å². The molecule has 0 spiro atoms. The first-order valence-electron chi connectivity index (χ1n) is 8.60. The third-order valence-corrected chi connectivity index (χ3v) is 4.46. The molecule has 0 aliphatic heterocycles. The third-order valence-electron chi connectivity index (χ3n) is 4.46. The fourth-order valence-electron chi connectivity index (χ4n) is 3.02. The van der Waals surface area contributed by atoms with Crippen molar-refractivity contribution in [1.29, 1.82) is 5.26 Å². The smallest absolute Gasteiger partial charge is 0.269 e. The molecule has 1 aromatic heterocycles. The van der Waals surface area contributed by atoms with Crippen LogP contribution in [0.4, 0.5) is 5.69 Å². The molecule has 1 heterocycles. The number of rotatable bonds is 4. The number of hydrogen-bond donors (Lipinski definition) is 0. The number of nitriles is 1. The van der Waals surface area contributed by atoms with Gasteiger partial charge in [0.05, 0.1) is 16.6 Å². The SMILES string of the molecule is N#Cc1ccc(-c2cc(-c3ccc([N+](=O)[O-])cc3)oc2-c2ccccc2)cc1. The average Bonchev–Trinajstić information content (AvgIpc) is 3.20. The molecule has 0 radical (unpaired) electrons. The van der Waals surface area contributed by atoms with Crippen LogP contribution in [0.2, 0.25) is 0 Å². The van der Waals surface area contributed by atoms with Crippen molar-refractivity contribution in [2.45, 2.75) is 0 Å². The predicted octanol–water partition coefficient (Wildman–Crippen LogP) is 6.06. The summed E-state index contributed by atoms with van der Waals surface area (Å²) in [5.74, 6) is 1.33. The summed E-state index contributed by atoms with van der Waals surface area (Å²) in [6.07, 6.45) is 0. The Balaban J connectivity index is 1.84. The molecule has 0 aliphatic carbocycles. The van der Waals surface area contributed by atoms with E-state index in [0.717, 1.165) is 22.3 Å². The van der Waals surface area contributed by atoms with Gasteiger partial charge in [-0.05, 0) is 35.9 Å². The molecular formula is C23H14N2O3. The van der Waals surface area contributed by atoms with E-state index < -0.39 is 4.92 Å². The lowest BCUT2D eigenvalue weighted by atomic mass is 10.0. The van der Waals surface area contributed by atoms with Crippen LogP contribution >= 0.6 is 0 Å². The van der Waals surface area contributed by atoms with E-state index in [1.807, 2.05) is 48.5 Å². The monoisotopic (exact) mass is 366 g/mol. The standard InChI is InChI=1S/C23H14N2O3/c24-15-16-6-8-17(9-7-16)21-14-22(18-10-12-20(13-11-18)25(26)27)28-23(21)19-4-2-1-3-5-19/h1-14H. The van der Waals surface area contributed by atoms with Gasteiger partial charge in [-0.3, -0.25) is 10.1 Å². The molecule has 4 aromatic rings. The molecule has 5 nitrogen and oxygen atoms in total. The summed E-state index contributed by atoms with van der Waals surface area (Å²) in [7, 11) is 0. The quantitative estimate of drug-likeness (QED) is 0.325. The molecule has 0 N–H and O–H groups in total. The minimum Gasteiger partial charge on any atom is -0.455 e. The highest BCUT2D eigenvalue weighted by Crippen LogP contribution is 2.39. The van der Waals surface area contributed by atoms with Gasteiger partial charge in [0.1, 0.15) is 11.5 Å². The van der Waals surface area contributed by atoms with Gasteiger partial charge in [0.25, 0.3) is 5.69 Å². The normalized spacial score (nSPS) is 10.4. The maximum atomic E-state index is 10.9. The van der Waals surface area contributed by atoms with Crippen LogP contribution in [-0.4, -0.2) is 4.92 Å². The Morgan fingerprint density at radius 2 is 1.46 bits per heavy atom. The van der Waals surface area contributed by atoms with Gasteiger partial charge in [0.2, 0.25) is 0 Å². The van der Waals surface area contributed by atoms with Crippen LogP contribution in [0, 0.1) is 21.4 Å². The largest absolute Gasteiger partial charge is 0.455 e. The third kappa shape index (κ3) is 3.27. The predicted molar refractivity (Wildman–Crippen MR) is 106 cm³/mol. The topological polar surface area (TPSA) is 80.1 Å². The lowest BCUT2D eigenvalue weighted by Gasteiger charge is -2.03.